The van der Waals surface area contributed by atoms with Gasteiger partial charge in [0.15, 0.2) is 0 Å². The van der Waals surface area contributed by atoms with Crippen molar-refractivity contribution in [3.8, 4) is 0 Å². The van der Waals surface area contributed by atoms with Gasteiger partial charge in [0, 0.05) is 6.20 Å². The van der Waals surface area contributed by atoms with E-state index in [9.17, 15) is 21.6 Å². The molecule has 8 heteroatoms. The Bertz CT molecular complexity index is 463. The van der Waals surface area contributed by atoms with Gasteiger partial charge in [0.2, 0.25) is 0 Å². The molecule has 15 heavy (non-hydrogen) atoms. The van der Waals surface area contributed by atoms with Crippen LogP contribution < -0.4 is 0 Å². The quantitative estimate of drug-likeness (QED) is 0.727. The van der Waals surface area contributed by atoms with E-state index in [-0.39, 0.29) is 5.56 Å². The van der Waals surface area contributed by atoms with Crippen LogP contribution in [0.1, 0.15) is 5.56 Å². The van der Waals surface area contributed by atoms with E-state index in [4.69, 9.17) is 11.6 Å². The van der Waals surface area contributed by atoms with Gasteiger partial charge < -0.3 is 0 Å². The van der Waals surface area contributed by atoms with Crippen molar-refractivity contribution in [2.24, 2.45) is 0 Å². The Kier molecular flexibility index (Phi) is 2.97. The highest BCUT2D eigenvalue weighted by atomic mass is 35.5. The summed E-state index contributed by atoms with van der Waals surface area (Å²) in [6.07, 6.45) is 1.13. The molecule has 0 aliphatic rings. The van der Waals surface area contributed by atoms with Crippen molar-refractivity contribution < 1.29 is 21.6 Å². The monoisotopic (exact) mass is 259 g/mol. The first kappa shape index (κ1) is 12.3. The molecule has 0 atom stereocenters. The molecule has 1 aromatic heterocycles. The van der Waals surface area contributed by atoms with E-state index in [1.54, 1.807) is 0 Å². The fourth-order valence-corrected chi connectivity index (χ4v) is 2.46. The first-order valence-electron chi connectivity index (χ1n) is 3.60. The average Bonchev–Trinajstić information content (AvgIpc) is 2.00. The maximum Gasteiger partial charge on any atom is 0.502 e. The van der Waals surface area contributed by atoms with E-state index in [1.807, 2.05) is 0 Å². The largest absolute Gasteiger partial charge is 0.502 e. The first-order valence-corrected chi connectivity index (χ1v) is 5.46. The topological polar surface area (TPSA) is 47.0 Å². The zero-order chi connectivity index (χ0) is 11.9. The smallest absolute Gasteiger partial charge is 0.243 e. The van der Waals surface area contributed by atoms with Gasteiger partial charge in [0.1, 0.15) is 10.0 Å². The molecule has 0 N–H and O–H groups in total. The number of nitrogens with zero attached hydrogens (tertiary/aromatic N) is 1. The van der Waals surface area contributed by atoms with Crippen LogP contribution in [-0.4, -0.2) is 18.9 Å². The van der Waals surface area contributed by atoms with Crippen LogP contribution in [0.4, 0.5) is 13.2 Å². The second kappa shape index (κ2) is 3.64. The van der Waals surface area contributed by atoms with Crippen LogP contribution in [0.3, 0.4) is 0 Å². The lowest BCUT2D eigenvalue weighted by Gasteiger charge is -2.10. The summed E-state index contributed by atoms with van der Waals surface area (Å²) in [4.78, 5) is 2.32. The van der Waals surface area contributed by atoms with Gasteiger partial charge in [-0.25, -0.2) is 13.4 Å². The normalized spacial score (nSPS) is 12.9. The van der Waals surface area contributed by atoms with E-state index in [2.05, 4.69) is 4.98 Å². The Labute approximate surface area is 88.8 Å². The summed E-state index contributed by atoms with van der Waals surface area (Å²) in [7, 11) is -5.43. The van der Waals surface area contributed by atoms with Crippen LogP contribution >= 0.6 is 11.6 Å². The molecule has 1 aromatic rings. The van der Waals surface area contributed by atoms with Gasteiger partial charge in [0.25, 0.3) is 9.84 Å². The molecule has 0 aliphatic carbocycles. The first-order chi connectivity index (χ1) is 6.68. The summed E-state index contributed by atoms with van der Waals surface area (Å²) in [5.74, 6) is 0. The van der Waals surface area contributed by atoms with Crippen molar-refractivity contribution in [1.82, 2.24) is 4.98 Å². The van der Waals surface area contributed by atoms with E-state index in [0.29, 0.717) is 0 Å². The lowest BCUT2D eigenvalue weighted by molar-refractivity contribution is -0.0436. The molecule has 1 rings (SSSR count). The summed E-state index contributed by atoms with van der Waals surface area (Å²) in [6.45, 7) is 1.21. The fourth-order valence-electron chi connectivity index (χ4n) is 0.950. The molecule has 3 nitrogen and oxygen atoms in total. The second-order valence-corrected chi connectivity index (χ2v) is 4.93. The zero-order valence-electron chi connectivity index (χ0n) is 7.34. The van der Waals surface area contributed by atoms with Crippen molar-refractivity contribution in [1.29, 1.82) is 0 Å². The maximum atomic E-state index is 12.2. The lowest BCUT2D eigenvalue weighted by atomic mass is 10.3. The van der Waals surface area contributed by atoms with E-state index < -0.39 is 25.4 Å². The molecule has 0 saturated heterocycles. The number of hydrogen-bond donors (Lipinski definition) is 0. The molecule has 1 heterocycles. The van der Waals surface area contributed by atoms with Gasteiger partial charge in [-0.05, 0) is 18.6 Å². The second-order valence-electron chi connectivity index (χ2n) is 2.70. The van der Waals surface area contributed by atoms with Gasteiger partial charge in [-0.2, -0.15) is 13.2 Å². The van der Waals surface area contributed by atoms with Gasteiger partial charge >= 0.3 is 5.51 Å². The molecule has 0 radical (unpaired) electrons. The molecule has 0 unspecified atom stereocenters. The minimum absolute atomic E-state index is 0.0904. The predicted octanol–water partition coefficient (Wildman–Crippen LogP) is 2.34. The molecule has 0 amide bonds. The molecule has 0 bridgehead atoms. The standard InChI is InChI=1S/C7H5ClF3NO2S/c1-4-2-3-12-6(8)5(4)15(13,14)7(9,10)11/h2-3H,1H3. The summed E-state index contributed by atoms with van der Waals surface area (Å²) in [5.41, 5.74) is -5.46. The highest BCUT2D eigenvalue weighted by Gasteiger charge is 2.48. The number of hydrogen-bond acceptors (Lipinski definition) is 3. The minimum Gasteiger partial charge on any atom is -0.243 e. The number of aryl methyl sites for hydroxylation is 1. The summed E-state index contributed by atoms with van der Waals surface area (Å²) < 4.78 is 58.7. The summed E-state index contributed by atoms with van der Waals surface area (Å²) >= 11 is 5.33. The molecular formula is C7H5ClF3NO2S. The zero-order valence-corrected chi connectivity index (χ0v) is 8.91. The lowest BCUT2D eigenvalue weighted by Crippen LogP contribution is -2.24. The summed E-state index contributed by atoms with van der Waals surface area (Å²) in [6, 6.07) is 1.14. The van der Waals surface area contributed by atoms with E-state index in [0.717, 1.165) is 12.3 Å². The third-order valence-corrected chi connectivity index (χ3v) is 3.69. The Morgan fingerprint density at radius 3 is 2.33 bits per heavy atom. The third-order valence-electron chi connectivity index (χ3n) is 1.63. The van der Waals surface area contributed by atoms with Crippen molar-refractivity contribution >= 4 is 21.4 Å². The van der Waals surface area contributed by atoms with Gasteiger partial charge in [-0.1, -0.05) is 11.6 Å². The summed E-state index contributed by atoms with van der Waals surface area (Å²) in [5, 5.41) is -0.674. The van der Waals surface area contributed by atoms with Crippen molar-refractivity contribution in [3.63, 3.8) is 0 Å². The number of aromatic nitrogens is 1. The van der Waals surface area contributed by atoms with E-state index >= 15 is 0 Å². The van der Waals surface area contributed by atoms with Gasteiger partial charge in [-0.3, -0.25) is 0 Å². The Morgan fingerprint density at radius 2 is 1.93 bits per heavy atom. The Morgan fingerprint density at radius 1 is 1.40 bits per heavy atom. The molecular weight excluding hydrogens is 255 g/mol. The number of sulfone groups is 1. The molecule has 0 aromatic carbocycles. The van der Waals surface area contributed by atoms with E-state index in [1.165, 1.54) is 6.92 Å². The van der Waals surface area contributed by atoms with Gasteiger partial charge in [-0.15, -0.1) is 0 Å². The van der Waals surface area contributed by atoms with Crippen molar-refractivity contribution in [2.45, 2.75) is 17.3 Å². The third kappa shape index (κ3) is 2.07. The van der Waals surface area contributed by atoms with Crippen LogP contribution in [0.25, 0.3) is 0 Å². The Hall–Kier alpha value is -0.820. The minimum atomic E-state index is -5.43. The van der Waals surface area contributed by atoms with Crippen LogP contribution in [-0.2, 0) is 9.84 Å². The number of halogens is 4. The average molecular weight is 260 g/mol. The molecule has 0 fully saturated rings. The molecule has 0 spiro atoms. The van der Waals surface area contributed by atoms with Crippen molar-refractivity contribution in [3.05, 3.63) is 23.0 Å². The number of pyridine rings is 1. The number of alkyl halides is 3. The van der Waals surface area contributed by atoms with Crippen LogP contribution in [0.15, 0.2) is 17.2 Å². The van der Waals surface area contributed by atoms with Crippen molar-refractivity contribution in [2.75, 3.05) is 0 Å². The molecule has 0 saturated carbocycles. The highest BCUT2D eigenvalue weighted by Crippen LogP contribution is 2.34. The van der Waals surface area contributed by atoms with Crippen LogP contribution in [0, 0.1) is 6.92 Å². The van der Waals surface area contributed by atoms with Gasteiger partial charge in [0.05, 0.1) is 0 Å². The fraction of sp³-hybridized carbons (Fsp3) is 0.286. The molecule has 84 valence electrons. The predicted molar refractivity (Wildman–Crippen MR) is 47.2 cm³/mol. The Balaban J connectivity index is 3.55. The maximum absolute atomic E-state index is 12.2. The molecule has 0 aliphatic heterocycles. The SMILES string of the molecule is Cc1ccnc(Cl)c1S(=O)(=O)C(F)(F)F. The highest BCUT2D eigenvalue weighted by molar-refractivity contribution is 7.92. The number of rotatable bonds is 1. The van der Waals surface area contributed by atoms with Crippen LogP contribution in [0.5, 0.6) is 0 Å². The van der Waals surface area contributed by atoms with Crippen LogP contribution in [0.2, 0.25) is 5.15 Å².